The van der Waals surface area contributed by atoms with Crippen LogP contribution in [-0.2, 0) is 15.8 Å². The lowest BCUT2D eigenvalue weighted by Gasteiger charge is -2.19. The zero-order chi connectivity index (χ0) is 15.5. The van der Waals surface area contributed by atoms with Crippen molar-refractivity contribution in [2.45, 2.75) is 44.6 Å². The molecule has 1 aromatic rings. The Hall–Kier alpha value is -1.27. The van der Waals surface area contributed by atoms with Crippen molar-refractivity contribution in [2.24, 2.45) is 0 Å². The summed E-state index contributed by atoms with van der Waals surface area (Å²) >= 11 is 0. The third kappa shape index (κ3) is 5.79. The molecule has 0 aromatic heterocycles. The molecule has 1 aliphatic heterocycles. The molecule has 2 atom stereocenters. The van der Waals surface area contributed by atoms with E-state index in [1.165, 1.54) is 12.1 Å². The van der Waals surface area contributed by atoms with Crippen molar-refractivity contribution in [3.8, 4) is 0 Å². The van der Waals surface area contributed by atoms with Crippen LogP contribution in [0.5, 0.6) is 0 Å². The number of carboxylic acid groups (broad SMARTS) is 1. The maximum absolute atomic E-state index is 12.7. The van der Waals surface area contributed by atoms with E-state index in [0.29, 0.717) is 10.9 Å². The van der Waals surface area contributed by atoms with Crippen LogP contribution in [0.15, 0.2) is 29.2 Å². The van der Waals surface area contributed by atoms with E-state index in [1.54, 1.807) is 12.1 Å². The van der Waals surface area contributed by atoms with Gasteiger partial charge in [-0.05, 0) is 44.0 Å². The second kappa shape index (κ2) is 10.5. The lowest BCUT2D eigenvalue weighted by Crippen LogP contribution is -2.28. The molecule has 1 aromatic carbocycles. The molecule has 6 heteroatoms. The Labute approximate surface area is 122 Å². The highest BCUT2D eigenvalue weighted by atomic mass is 32.2. The second-order valence-corrected chi connectivity index (χ2v) is 5.38. The monoisotopic (exact) mass is 303 g/mol. The highest BCUT2D eigenvalue weighted by molar-refractivity contribution is 7.82. The Bertz CT molecular complexity index is 411. The van der Waals surface area contributed by atoms with Gasteiger partial charge < -0.3 is 5.11 Å². The van der Waals surface area contributed by atoms with Gasteiger partial charge in [0.05, 0.1) is 4.90 Å². The Morgan fingerprint density at radius 2 is 1.85 bits per heavy atom. The predicted molar refractivity (Wildman–Crippen MR) is 78.3 cm³/mol. The van der Waals surface area contributed by atoms with Gasteiger partial charge in [-0.3, -0.25) is 4.79 Å². The summed E-state index contributed by atoms with van der Waals surface area (Å²) in [5, 5.41) is 6.89. The SMILES string of the molecule is CC.CC1CCCN1S(=O)c1ccc(F)cc1.O=CO. The van der Waals surface area contributed by atoms with Gasteiger partial charge in [0.15, 0.2) is 0 Å². The summed E-state index contributed by atoms with van der Waals surface area (Å²) in [5.74, 6) is -0.287. The second-order valence-electron chi connectivity index (χ2n) is 3.94. The third-order valence-corrected chi connectivity index (χ3v) is 4.36. The van der Waals surface area contributed by atoms with Crippen LogP contribution in [-0.4, -0.2) is 32.7 Å². The van der Waals surface area contributed by atoms with Crippen molar-refractivity contribution in [3.05, 3.63) is 30.1 Å². The topological polar surface area (TPSA) is 57.6 Å². The lowest BCUT2D eigenvalue weighted by molar-refractivity contribution is -0.122. The normalized spacial score (nSPS) is 19.1. The fourth-order valence-corrected chi connectivity index (χ4v) is 3.21. The van der Waals surface area contributed by atoms with Gasteiger partial charge >= 0.3 is 0 Å². The zero-order valence-corrected chi connectivity index (χ0v) is 12.9. The first kappa shape index (κ1) is 18.7. The number of nitrogens with zero attached hydrogens (tertiary/aromatic N) is 1. The number of rotatable bonds is 2. The van der Waals surface area contributed by atoms with Gasteiger partial charge in [0.2, 0.25) is 0 Å². The molecule has 4 nitrogen and oxygen atoms in total. The Morgan fingerprint density at radius 1 is 1.35 bits per heavy atom. The molecule has 0 aliphatic carbocycles. The van der Waals surface area contributed by atoms with E-state index in [4.69, 9.17) is 9.90 Å². The molecule has 0 amide bonds. The summed E-state index contributed by atoms with van der Waals surface area (Å²) in [4.78, 5) is 9.05. The summed E-state index contributed by atoms with van der Waals surface area (Å²) in [5.41, 5.74) is 0. The number of carbonyl (C=O) groups is 1. The van der Waals surface area contributed by atoms with E-state index in [1.807, 2.05) is 18.2 Å². The molecule has 1 N–H and O–H groups in total. The summed E-state index contributed by atoms with van der Waals surface area (Å²) in [6.07, 6.45) is 2.18. The van der Waals surface area contributed by atoms with Crippen LogP contribution in [0.2, 0.25) is 0 Å². The molecule has 1 aliphatic rings. The fraction of sp³-hybridized carbons (Fsp3) is 0.500. The first-order valence-corrected chi connectivity index (χ1v) is 7.72. The van der Waals surface area contributed by atoms with E-state index >= 15 is 0 Å². The van der Waals surface area contributed by atoms with Gasteiger partial charge in [0.1, 0.15) is 16.8 Å². The van der Waals surface area contributed by atoms with Crippen molar-refractivity contribution in [3.63, 3.8) is 0 Å². The Balaban J connectivity index is 0.000000641. The number of hydrogen-bond acceptors (Lipinski definition) is 2. The summed E-state index contributed by atoms with van der Waals surface area (Å²) in [7, 11) is -1.13. The van der Waals surface area contributed by atoms with E-state index in [9.17, 15) is 8.60 Å². The number of halogens is 1. The largest absolute Gasteiger partial charge is 0.483 e. The molecule has 20 heavy (non-hydrogen) atoms. The van der Waals surface area contributed by atoms with Crippen molar-refractivity contribution in [1.82, 2.24) is 4.31 Å². The average Bonchev–Trinajstić information content (AvgIpc) is 2.88. The van der Waals surface area contributed by atoms with Gasteiger partial charge in [0, 0.05) is 12.6 Å². The third-order valence-electron chi connectivity index (χ3n) is 2.72. The molecule has 0 saturated carbocycles. The molecule has 0 spiro atoms. The predicted octanol–water partition coefficient (Wildman–Crippen LogP) is 3.06. The maximum Gasteiger partial charge on any atom is 0.290 e. The van der Waals surface area contributed by atoms with E-state index in [-0.39, 0.29) is 12.3 Å². The molecule has 1 saturated heterocycles. The number of benzene rings is 1. The van der Waals surface area contributed by atoms with Crippen molar-refractivity contribution in [1.29, 1.82) is 0 Å². The fourth-order valence-electron chi connectivity index (χ4n) is 1.84. The molecular weight excluding hydrogens is 281 g/mol. The minimum absolute atomic E-state index is 0.250. The van der Waals surface area contributed by atoms with Crippen LogP contribution in [0.1, 0.15) is 33.6 Å². The van der Waals surface area contributed by atoms with E-state index in [2.05, 4.69) is 6.92 Å². The lowest BCUT2D eigenvalue weighted by atomic mass is 10.3. The van der Waals surface area contributed by atoms with Crippen LogP contribution >= 0.6 is 0 Å². The molecule has 114 valence electrons. The Kier molecular flexibility index (Phi) is 9.84. The van der Waals surface area contributed by atoms with Gasteiger partial charge in [-0.2, -0.15) is 0 Å². The zero-order valence-electron chi connectivity index (χ0n) is 12.1. The number of hydrogen-bond donors (Lipinski definition) is 1. The molecular formula is C14H22FNO3S. The van der Waals surface area contributed by atoms with Gasteiger partial charge in [0.25, 0.3) is 6.47 Å². The van der Waals surface area contributed by atoms with Crippen LogP contribution in [0.3, 0.4) is 0 Å². The summed E-state index contributed by atoms with van der Waals surface area (Å²) < 4.78 is 26.7. The van der Waals surface area contributed by atoms with Crippen LogP contribution < -0.4 is 0 Å². The van der Waals surface area contributed by atoms with E-state index < -0.39 is 11.0 Å². The molecule has 1 fully saturated rings. The summed E-state index contributed by atoms with van der Waals surface area (Å²) in [6, 6.07) is 6.26. The molecule has 2 rings (SSSR count). The van der Waals surface area contributed by atoms with Crippen molar-refractivity contribution >= 4 is 17.5 Å². The standard InChI is InChI=1S/C11H14FNOS.C2H6.CH2O2/c1-9-3-2-8-13(9)15(14)11-6-4-10(12)5-7-11;1-2;2-1-3/h4-7,9H,2-3,8H2,1H3;1-2H3;1H,(H,2,3). The maximum atomic E-state index is 12.7. The van der Waals surface area contributed by atoms with Crippen molar-refractivity contribution in [2.75, 3.05) is 6.54 Å². The summed E-state index contributed by atoms with van der Waals surface area (Å²) in [6.45, 7) is 6.69. The first-order valence-electron chi connectivity index (χ1n) is 6.62. The molecule has 2 unspecified atom stereocenters. The highest BCUT2D eigenvalue weighted by Gasteiger charge is 2.25. The van der Waals surface area contributed by atoms with E-state index in [0.717, 1.165) is 19.4 Å². The quantitative estimate of drug-likeness (QED) is 0.854. The van der Waals surface area contributed by atoms with Gasteiger partial charge in [-0.15, -0.1) is 0 Å². The van der Waals surface area contributed by atoms with Crippen LogP contribution in [0.25, 0.3) is 0 Å². The van der Waals surface area contributed by atoms with Crippen molar-refractivity contribution < 1.29 is 18.5 Å². The smallest absolute Gasteiger partial charge is 0.290 e. The minimum Gasteiger partial charge on any atom is -0.483 e. The highest BCUT2D eigenvalue weighted by Crippen LogP contribution is 2.22. The van der Waals surface area contributed by atoms with Crippen LogP contribution in [0.4, 0.5) is 4.39 Å². The molecule has 0 bridgehead atoms. The Morgan fingerprint density at radius 3 is 2.25 bits per heavy atom. The molecule has 1 heterocycles. The molecule has 0 radical (unpaired) electrons. The van der Waals surface area contributed by atoms with Gasteiger partial charge in [-0.25, -0.2) is 12.9 Å². The minimum atomic E-state index is -1.13. The first-order chi connectivity index (χ1) is 9.60. The van der Waals surface area contributed by atoms with Gasteiger partial charge in [-0.1, -0.05) is 13.8 Å². The van der Waals surface area contributed by atoms with Crippen LogP contribution in [0, 0.1) is 5.82 Å². The average molecular weight is 303 g/mol.